The number of hydrogen-bond acceptors (Lipinski definition) is 1. The van der Waals surface area contributed by atoms with Gasteiger partial charge in [-0.1, -0.05) is 75.6 Å². The van der Waals surface area contributed by atoms with Crippen LogP contribution in [0.15, 0.2) is 60.8 Å². The van der Waals surface area contributed by atoms with Gasteiger partial charge in [0.1, 0.15) is 18.5 Å². The van der Waals surface area contributed by atoms with Crippen molar-refractivity contribution in [1.29, 1.82) is 0 Å². The Morgan fingerprint density at radius 1 is 0.892 bits per heavy atom. The molecule has 7 rings (SSSR count). The van der Waals surface area contributed by atoms with Crippen LogP contribution in [0.5, 0.6) is 11.5 Å². The number of pyridine rings is 1. The second-order valence-electron chi connectivity index (χ2n) is 11.8. The highest BCUT2D eigenvalue weighted by Gasteiger charge is 2.33. The van der Waals surface area contributed by atoms with Gasteiger partial charge < -0.3 is 4.74 Å². The molecule has 1 fully saturated rings. The number of ether oxygens (including phenoxy) is 1. The van der Waals surface area contributed by atoms with Gasteiger partial charge in [0, 0.05) is 17.0 Å². The highest BCUT2D eigenvalue weighted by atomic mass is 16.5. The highest BCUT2D eigenvalue weighted by molar-refractivity contribution is 6.16. The fourth-order valence-corrected chi connectivity index (χ4v) is 7.11. The number of hydrogen-bond donors (Lipinski definition) is 0. The third-order valence-corrected chi connectivity index (χ3v) is 8.89. The monoisotopic (exact) mass is 486 g/mol. The smallest absolute Gasteiger partial charge is 0.228 e. The Balaban J connectivity index is 1.55. The van der Waals surface area contributed by atoms with E-state index in [0.29, 0.717) is 11.8 Å². The van der Waals surface area contributed by atoms with Crippen LogP contribution in [0.4, 0.5) is 0 Å². The molecule has 0 saturated heterocycles. The van der Waals surface area contributed by atoms with Crippen LogP contribution in [0, 0.1) is 12.8 Å². The van der Waals surface area contributed by atoms with Crippen molar-refractivity contribution in [3.05, 3.63) is 77.5 Å². The lowest BCUT2D eigenvalue weighted by molar-refractivity contribution is -0.659. The molecule has 1 aliphatic heterocycles. The van der Waals surface area contributed by atoms with E-state index in [1.807, 2.05) is 0 Å². The molecular formula is C35H36NO+. The number of nitrogens with zero attached hydrogens (tertiary/aromatic N) is 1. The predicted octanol–water partition coefficient (Wildman–Crippen LogP) is 9.30. The van der Waals surface area contributed by atoms with Gasteiger partial charge in [0.2, 0.25) is 5.69 Å². The first-order chi connectivity index (χ1) is 18.0. The van der Waals surface area contributed by atoms with E-state index in [1.165, 1.54) is 92.4 Å². The highest BCUT2D eigenvalue weighted by Crippen LogP contribution is 2.52. The molecule has 2 heteroatoms. The zero-order valence-electron chi connectivity index (χ0n) is 22.5. The molecule has 0 spiro atoms. The van der Waals surface area contributed by atoms with E-state index < -0.39 is 0 Å². The topological polar surface area (TPSA) is 13.1 Å². The third-order valence-electron chi connectivity index (χ3n) is 8.89. The zero-order valence-corrected chi connectivity index (χ0v) is 22.5. The van der Waals surface area contributed by atoms with Crippen LogP contribution in [0.1, 0.15) is 68.6 Å². The minimum atomic E-state index is 0.541. The molecule has 5 aromatic rings. The predicted molar refractivity (Wildman–Crippen MR) is 155 cm³/mol. The van der Waals surface area contributed by atoms with Gasteiger partial charge in [-0.15, -0.1) is 0 Å². The summed E-state index contributed by atoms with van der Waals surface area (Å²) in [6.45, 7) is 6.88. The molecule has 37 heavy (non-hydrogen) atoms. The molecule has 0 bridgehead atoms. The van der Waals surface area contributed by atoms with Crippen LogP contribution in [0.25, 0.3) is 43.6 Å². The van der Waals surface area contributed by atoms with Crippen molar-refractivity contribution in [3.8, 4) is 22.8 Å². The largest absolute Gasteiger partial charge is 0.455 e. The summed E-state index contributed by atoms with van der Waals surface area (Å²) >= 11 is 0. The maximum atomic E-state index is 6.97. The van der Waals surface area contributed by atoms with Crippen LogP contribution >= 0.6 is 0 Å². The van der Waals surface area contributed by atoms with E-state index in [0.717, 1.165) is 17.9 Å². The van der Waals surface area contributed by atoms with Gasteiger partial charge in [0.15, 0.2) is 6.20 Å². The van der Waals surface area contributed by atoms with Gasteiger partial charge in [-0.2, -0.15) is 0 Å². The molecule has 1 aliphatic carbocycles. The first-order valence-corrected chi connectivity index (χ1v) is 14.1. The van der Waals surface area contributed by atoms with Gasteiger partial charge in [-0.3, -0.25) is 0 Å². The van der Waals surface area contributed by atoms with E-state index in [-0.39, 0.29) is 0 Å². The molecule has 2 aliphatic rings. The number of fused-ring (bicyclic) bond motifs is 5. The summed E-state index contributed by atoms with van der Waals surface area (Å²) in [6.07, 6.45) is 10.0. The van der Waals surface area contributed by atoms with E-state index in [1.54, 1.807) is 0 Å². The van der Waals surface area contributed by atoms with Gasteiger partial charge in [-0.25, -0.2) is 4.57 Å². The average Bonchev–Trinajstić information content (AvgIpc) is 2.92. The van der Waals surface area contributed by atoms with Crippen molar-refractivity contribution < 1.29 is 9.30 Å². The molecule has 2 heterocycles. The lowest BCUT2D eigenvalue weighted by Crippen LogP contribution is -2.32. The summed E-state index contributed by atoms with van der Waals surface area (Å²) < 4.78 is 9.28. The quantitative estimate of drug-likeness (QED) is 0.179. The van der Waals surface area contributed by atoms with Crippen LogP contribution in [-0.4, -0.2) is 0 Å². The van der Waals surface area contributed by atoms with E-state index in [2.05, 4.69) is 93.2 Å². The molecular weight excluding hydrogens is 450 g/mol. The molecule has 1 saturated carbocycles. The molecule has 0 amide bonds. The lowest BCUT2D eigenvalue weighted by atomic mass is 9.82. The van der Waals surface area contributed by atoms with Crippen molar-refractivity contribution in [2.24, 2.45) is 13.0 Å². The number of aryl methyl sites for hydroxylation is 2. The van der Waals surface area contributed by atoms with Gasteiger partial charge in [-0.05, 0) is 76.8 Å². The van der Waals surface area contributed by atoms with E-state index in [4.69, 9.17) is 4.74 Å². The zero-order chi connectivity index (χ0) is 25.3. The number of rotatable bonds is 3. The first-order valence-electron chi connectivity index (χ1n) is 14.1. The Hall–Kier alpha value is -3.39. The Labute approximate surface area is 219 Å². The second-order valence-corrected chi connectivity index (χ2v) is 11.8. The van der Waals surface area contributed by atoms with Crippen molar-refractivity contribution in [2.75, 3.05) is 0 Å². The Bertz CT molecular complexity index is 1700. The fraction of sp³-hybridized carbons (Fsp3) is 0.343. The molecule has 0 N–H and O–H groups in total. The van der Waals surface area contributed by atoms with Crippen molar-refractivity contribution in [3.63, 3.8) is 0 Å². The summed E-state index contributed by atoms with van der Waals surface area (Å²) in [6, 6.07) is 20.7. The Morgan fingerprint density at radius 2 is 1.68 bits per heavy atom. The molecule has 2 nitrogen and oxygen atoms in total. The summed E-state index contributed by atoms with van der Waals surface area (Å²) in [7, 11) is 2.19. The molecule has 0 atom stereocenters. The molecule has 4 aromatic carbocycles. The number of benzene rings is 4. The number of aromatic nitrogens is 1. The minimum Gasteiger partial charge on any atom is -0.455 e. The maximum Gasteiger partial charge on any atom is 0.228 e. The van der Waals surface area contributed by atoms with Crippen molar-refractivity contribution in [1.82, 2.24) is 0 Å². The van der Waals surface area contributed by atoms with Gasteiger partial charge in [0.25, 0.3) is 0 Å². The fourth-order valence-electron chi connectivity index (χ4n) is 7.11. The van der Waals surface area contributed by atoms with E-state index in [9.17, 15) is 0 Å². The van der Waals surface area contributed by atoms with Gasteiger partial charge >= 0.3 is 0 Å². The van der Waals surface area contributed by atoms with Crippen molar-refractivity contribution in [2.45, 2.75) is 65.2 Å². The Kier molecular flexibility index (Phi) is 5.29. The SMILES string of the molecule is Cc1c2c(c(CC(C)C)c3ccccc13)Oc1cc3ccc(C4CCCCC4)cc3c3cc[n+](C)c-2c13. The third kappa shape index (κ3) is 3.49. The van der Waals surface area contributed by atoms with Crippen LogP contribution < -0.4 is 9.30 Å². The first kappa shape index (κ1) is 22.8. The maximum absolute atomic E-state index is 6.97. The van der Waals surface area contributed by atoms with Gasteiger partial charge in [0.05, 0.1) is 10.9 Å². The summed E-state index contributed by atoms with van der Waals surface area (Å²) in [4.78, 5) is 0. The molecule has 0 radical (unpaired) electrons. The summed E-state index contributed by atoms with van der Waals surface area (Å²) in [5.74, 6) is 3.29. The van der Waals surface area contributed by atoms with Crippen LogP contribution in [0.3, 0.4) is 0 Å². The van der Waals surface area contributed by atoms with Crippen LogP contribution in [-0.2, 0) is 13.5 Å². The second kappa shape index (κ2) is 8.58. The van der Waals surface area contributed by atoms with E-state index >= 15 is 0 Å². The molecule has 1 aromatic heterocycles. The summed E-state index contributed by atoms with van der Waals surface area (Å²) in [5.41, 5.74) is 6.70. The normalized spacial score (nSPS) is 15.5. The lowest BCUT2D eigenvalue weighted by Gasteiger charge is -2.26. The Morgan fingerprint density at radius 3 is 2.46 bits per heavy atom. The molecule has 186 valence electrons. The molecule has 0 unspecified atom stereocenters. The summed E-state index contributed by atoms with van der Waals surface area (Å²) in [5, 5.41) is 7.84. The minimum absolute atomic E-state index is 0.541. The van der Waals surface area contributed by atoms with Crippen LogP contribution in [0.2, 0.25) is 0 Å². The standard InChI is InChI=1S/C35H36NO/c1-21(2)18-30-27-13-9-8-12-26(27)22(3)32-34-33-28(16-17-36(34)4)29-19-24(23-10-6-5-7-11-23)14-15-25(29)20-31(33)37-35(30)32/h8-9,12-17,19-21,23H,5-7,10-11,18H2,1-4H3/q+1. The van der Waals surface area contributed by atoms with Crippen molar-refractivity contribution >= 4 is 32.3 Å². The average molecular weight is 487 g/mol.